The predicted molar refractivity (Wildman–Crippen MR) is 350 cm³/mol. The van der Waals surface area contributed by atoms with Crippen molar-refractivity contribution in [2.45, 2.75) is 58.6 Å². The molecule has 0 saturated heterocycles. The highest BCUT2D eigenvalue weighted by Gasteiger charge is 2.55. The van der Waals surface area contributed by atoms with E-state index in [9.17, 15) is 0 Å². The molecule has 10 aromatic rings. The van der Waals surface area contributed by atoms with Crippen LogP contribution in [0, 0.1) is 6.92 Å². The molecule has 82 heavy (non-hydrogen) atoms. The average molecular weight is 1090 g/mol. The normalized spacial score (nSPS) is 20.1. The van der Waals surface area contributed by atoms with Crippen LogP contribution in [0.5, 0.6) is 0 Å². The van der Waals surface area contributed by atoms with E-state index in [0.717, 1.165) is 25.7 Å². The molecule has 4 aliphatic carbocycles. The van der Waals surface area contributed by atoms with Crippen LogP contribution >= 0.6 is 20.1 Å². The number of aryl methyl sites for hydroxylation is 1. The van der Waals surface area contributed by atoms with Gasteiger partial charge in [0.1, 0.15) is 0 Å². The highest BCUT2D eigenvalue weighted by atomic mass is 32.3. The molecule has 0 saturated carbocycles. The zero-order valence-electron chi connectivity index (χ0n) is 47.5. The fraction of sp³-hybridized carbons (Fsp3) is 0.150. The summed E-state index contributed by atoms with van der Waals surface area (Å²) in [7, 11) is -2.38. The van der Waals surface area contributed by atoms with E-state index in [-0.39, 0.29) is 5.41 Å². The maximum absolute atomic E-state index is 2.56. The molecule has 16 rings (SSSR count). The summed E-state index contributed by atoms with van der Waals surface area (Å²) in [6, 6.07) is 91.5. The summed E-state index contributed by atoms with van der Waals surface area (Å²) in [5, 5.41) is 0. The monoisotopic (exact) mass is 1090 g/mol. The molecule has 0 fully saturated rings. The first-order valence-corrected chi connectivity index (χ1v) is 34.3. The molecule has 0 nitrogen and oxygen atoms in total. The molecular formula is C80H66S2. The van der Waals surface area contributed by atoms with Crippen molar-refractivity contribution in [3.63, 3.8) is 0 Å². The molecule has 2 heteroatoms. The van der Waals surface area contributed by atoms with Gasteiger partial charge >= 0.3 is 0 Å². The SMILES string of the molecule is Cc1ccccc1C1(c2ccc(-c3ccc(C4(c5ccc(-c6ccc7c(c6)-c6ccccc6C76C7=C(CCC=C7)S(C)(C)C7=C6CCC=C7)cc5)c5ccccc5-c5ccccc54)cc3)cc2)c2ccccc2S(C)(C)c2ccccc21. The molecule has 0 aromatic heterocycles. The van der Waals surface area contributed by atoms with Gasteiger partial charge in [-0.1, -0.05) is 243 Å². The second-order valence-corrected chi connectivity index (χ2v) is 31.5. The van der Waals surface area contributed by atoms with E-state index in [1.807, 2.05) is 0 Å². The quantitative estimate of drug-likeness (QED) is 0.156. The fourth-order valence-corrected chi connectivity index (χ4v) is 22.2. The first-order chi connectivity index (χ1) is 40.1. The van der Waals surface area contributed by atoms with Crippen LogP contribution in [-0.4, -0.2) is 25.0 Å². The lowest BCUT2D eigenvalue weighted by Gasteiger charge is -2.52. The molecule has 0 N–H and O–H groups in total. The van der Waals surface area contributed by atoms with Crippen LogP contribution in [0.15, 0.2) is 292 Å². The Hall–Kier alpha value is -8.14. The van der Waals surface area contributed by atoms with Crippen molar-refractivity contribution < 1.29 is 0 Å². The molecule has 398 valence electrons. The predicted octanol–water partition coefficient (Wildman–Crippen LogP) is 20.4. The van der Waals surface area contributed by atoms with Gasteiger partial charge in [-0.2, -0.15) is 20.1 Å². The Morgan fingerprint density at radius 2 is 0.744 bits per heavy atom. The molecule has 0 bridgehead atoms. The van der Waals surface area contributed by atoms with Crippen molar-refractivity contribution in [2.24, 2.45) is 0 Å². The minimum Gasteiger partial charge on any atom is -0.197 e. The first kappa shape index (κ1) is 49.7. The Morgan fingerprint density at radius 1 is 0.329 bits per heavy atom. The van der Waals surface area contributed by atoms with E-state index in [2.05, 4.69) is 293 Å². The zero-order chi connectivity index (χ0) is 55.2. The third-order valence-electron chi connectivity index (χ3n) is 20.1. The molecule has 0 radical (unpaired) electrons. The Bertz CT molecular complexity index is 4340. The molecule has 1 spiro atoms. The lowest BCUT2D eigenvalue weighted by molar-refractivity contribution is 0.673. The van der Waals surface area contributed by atoms with Gasteiger partial charge in [-0.15, -0.1) is 0 Å². The van der Waals surface area contributed by atoms with Gasteiger partial charge < -0.3 is 0 Å². The summed E-state index contributed by atoms with van der Waals surface area (Å²) in [6.45, 7) is 2.29. The van der Waals surface area contributed by atoms with E-state index in [0.29, 0.717) is 0 Å². The lowest BCUT2D eigenvalue weighted by Crippen LogP contribution is -2.37. The highest BCUT2D eigenvalue weighted by Crippen LogP contribution is 2.73. The number of hydrogen-bond donors (Lipinski definition) is 0. The number of benzene rings is 10. The average Bonchev–Trinajstić information content (AvgIpc) is 3.76. The Morgan fingerprint density at radius 3 is 1.30 bits per heavy atom. The van der Waals surface area contributed by atoms with E-state index in [1.54, 1.807) is 21.0 Å². The van der Waals surface area contributed by atoms with Crippen LogP contribution in [0.4, 0.5) is 0 Å². The van der Waals surface area contributed by atoms with Gasteiger partial charge in [-0.05, 0) is 212 Å². The maximum Gasteiger partial charge on any atom is 0.0724 e. The molecular weight excluding hydrogens is 1030 g/mol. The molecule has 1 unspecified atom stereocenters. The van der Waals surface area contributed by atoms with E-state index < -0.39 is 30.9 Å². The number of rotatable bonds is 6. The Labute approximate surface area is 488 Å². The Kier molecular flexibility index (Phi) is 11.0. The summed E-state index contributed by atoms with van der Waals surface area (Å²) in [6.07, 6.45) is 24.5. The summed E-state index contributed by atoms with van der Waals surface area (Å²) in [4.78, 5) is 6.24. The lowest BCUT2D eigenvalue weighted by atomic mass is 9.63. The van der Waals surface area contributed by atoms with E-state index in [4.69, 9.17) is 0 Å². The molecule has 1 atom stereocenters. The minimum atomic E-state index is -1.27. The van der Waals surface area contributed by atoms with Crippen molar-refractivity contribution in [3.05, 3.63) is 343 Å². The second-order valence-electron chi connectivity index (χ2n) is 24.4. The molecule has 0 amide bonds. The van der Waals surface area contributed by atoms with Gasteiger partial charge in [0.05, 0.1) is 16.2 Å². The van der Waals surface area contributed by atoms with Gasteiger partial charge in [0, 0.05) is 0 Å². The number of allylic oxidation sites excluding steroid dienone is 7. The van der Waals surface area contributed by atoms with Crippen molar-refractivity contribution in [3.8, 4) is 44.5 Å². The molecule has 2 aliphatic heterocycles. The zero-order valence-corrected chi connectivity index (χ0v) is 49.1. The largest absolute Gasteiger partial charge is 0.197 e. The second kappa shape index (κ2) is 18.2. The van der Waals surface area contributed by atoms with Gasteiger partial charge in [0.2, 0.25) is 0 Å². The maximum atomic E-state index is 2.56. The molecule has 10 aromatic carbocycles. The number of hydrogen-bond acceptors (Lipinski definition) is 0. The van der Waals surface area contributed by atoms with Crippen LogP contribution in [-0.2, 0) is 16.2 Å². The van der Waals surface area contributed by atoms with Gasteiger partial charge in [0.15, 0.2) is 0 Å². The fourth-order valence-electron chi connectivity index (χ4n) is 16.6. The first-order valence-electron chi connectivity index (χ1n) is 29.4. The smallest absolute Gasteiger partial charge is 0.0724 e. The molecule has 2 heterocycles. The standard InChI is InChI=1S/C80H66S2/c1-53-22-6-10-26-65(53)79(70-30-14-18-34-74(70)81(2,3)75-35-19-15-31-71(75)79)60-49-40-55(41-50-60)54-38-45-58(46-39-54)78(66-27-11-7-23-61(66)62-24-8-12-28-67(62)78)59-47-42-56(43-48-59)57-44-51-69-64(52-57)63-25-9-13-29-68(63)80(69)72-32-16-20-36-76(72)82(4,5)77-37-21-17-33-73(77)80/h6-16,18-19,21-32,34-35,37-52H,17,20,33,36H2,1-5H3. The van der Waals surface area contributed by atoms with Crippen LogP contribution < -0.4 is 0 Å². The Balaban J connectivity index is 0.802. The van der Waals surface area contributed by atoms with Crippen LogP contribution in [0.2, 0.25) is 0 Å². The summed E-state index contributed by atoms with van der Waals surface area (Å²) < 4.78 is 0. The summed E-state index contributed by atoms with van der Waals surface area (Å²) >= 11 is 0. The summed E-state index contributed by atoms with van der Waals surface area (Å²) in [5.41, 5.74) is 27.1. The highest BCUT2D eigenvalue weighted by molar-refractivity contribution is 8.39. The van der Waals surface area contributed by atoms with E-state index >= 15 is 0 Å². The van der Waals surface area contributed by atoms with Crippen LogP contribution in [0.1, 0.15) is 86.9 Å². The summed E-state index contributed by atoms with van der Waals surface area (Å²) in [5.74, 6) is 0. The number of fused-ring (bicyclic) bond motifs is 12. The van der Waals surface area contributed by atoms with Crippen molar-refractivity contribution in [1.29, 1.82) is 0 Å². The third-order valence-corrected chi connectivity index (χ3v) is 26.2. The van der Waals surface area contributed by atoms with Gasteiger partial charge in [-0.3, -0.25) is 0 Å². The minimum absolute atomic E-state index is 0.255. The third kappa shape index (κ3) is 6.54. The van der Waals surface area contributed by atoms with Gasteiger partial charge in [-0.25, -0.2) is 0 Å². The molecule has 6 aliphatic rings. The van der Waals surface area contributed by atoms with E-state index in [1.165, 1.54) is 115 Å². The van der Waals surface area contributed by atoms with Crippen LogP contribution in [0.25, 0.3) is 44.5 Å². The topological polar surface area (TPSA) is 0 Å². The van der Waals surface area contributed by atoms with Crippen molar-refractivity contribution in [1.82, 2.24) is 0 Å². The van der Waals surface area contributed by atoms with Crippen molar-refractivity contribution in [2.75, 3.05) is 25.0 Å². The van der Waals surface area contributed by atoms with Crippen LogP contribution in [0.3, 0.4) is 0 Å². The van der Waals surface area contributed by atoms with Gasteiger partial charge in [0.25, 0.3) is 0 Å². The van der Waals surface area contributed by atoms with Crippen molar-refractivity contribution >= 4 is 20.1 Å².